The number of halogens is 1. The molecule has 1 aromatic carbocycles. The standard InChI is InChI=1S/C14H18INO2/c1-9-5-6-16(8-10(9)2)14(18)12-7-11(15)3-4-13(12)17/h3-4,7,9-10,17H,5-6,8H2,1-2H3. The van der Waals surface area contributed by atoms with Crippen molar-refractivity contribution in [3.63, 3.8) is 0 Å². The predicted molar refractivity (Wildman–Crippen MR) is 79.7 cm³/mol. The highest BCUT2D eigenvalue weighted by atomic mass is 127. The van der Waals surface area contributed by atoms with Crippen LogP contribution in [-0.2, 0) is 0 Å². The Labute approximate surface area is 121 Å². The molecule has 4 heteroatoms. The highest BCUT2D eigenvalue weighted by Crippen LogP contribution is 2.26. The summed E-state index contributed by atoms with van der Waals surface area (Å²) in [7, 11) is 0. The summed E-state index contributed by atoms with van der Waals surface area (Å²) in [5.74, 6) is 1.21. The number of amides is 1. The minimum Gasteiger partial charge on any atom is -0.507 e. The first kappa shape index (κ1) is 13.6. The van der Waals surface area contributed by atoms with Crippen LogP contribution in [-0.4, -0.2) is 29.0 Å². The van der Waals surface area contributed by atoms with Gasteiger partial charge in [-0.2, -0.15) is 0 Å². The second-order valence-electron chi connectivity index (χ2n) is 5.16. The van der Waals surface area contributed by atoms with E-state index in [2.05, 4.69) is 36.4 Å². The van der Waals surface area contributed by atoms with Crippen molar-refractivity contribution in [1.29, 1.82) is 0 Å². The minimum absolute atomic E-state index is 0.0511. The fourth-order valence-corrected chi connectivity index (χ4v) is 2.79. The Bertz CT molecular complexity index is 461. The summed E-state index contributed by atoms with van der Waals surface area (Å²) in [6.07, 6.45) is 1.04. The van der Waals surface area contributed by atoms with Gasteiger partial charge in [-0.3, -0.25) is 4.79 Å². The molecule has 0 bridgehead atoms. The van der Waals surface area contributed by atoms with Crippen LogP contribution in [0.15, 0.2) is 18.2 Å². The molecule has 0 saturated carbocycles. The molecule has 0 radical (unpaired) electrons. The molecule has 1 heterocycles. The second kappa shape index (κ2) is 5.47. The van der Waals surface area contributed by atoms with E-state index in [-0.39, 0.29) is 11.7 Å². The second-order valence-corrected chi connectivity index (χ2v) is 6.40. The largest absolute Gasteiger partial charge is 0.507 e. The zero-order chi connectivity index (χ0) is 13.3. The van der Waals surface area contributed by atoms with Gasteiger partial charge in [0.1, 0.15) is 5.75 Å². The number of benzene rings is 1. The Morgan fingerprint density at radius 2 is 2.11 bits per heavy atom. The summed E-state index contributed by atoms with van der Waals surface area (Å²) in [6, 6.07) is 5.14. The molecule has 98 valence electrons. The number of phenolic OH excluding ortho intramolecular Hbond substituents is 1. The number of piperidine rings is 1. The molecule has 1 fully saturated rings. The number of likely N-dealkylation sites (tertiary alicyclic amines) is 1. The molecule has 3 nitrogen and oxygen atoms in total. The third kappa shape index (κ3) is 2.79. The van der Waals surface area contributed by atoms with Gasteiger partial charge < -0.3 is 10.0 Å². The van der Waals surface area contributed by atoms with Gasteiger partial charge in [-0.15, -0.1) is 0 Å². The van der Waals surface area contributed by atoms with E-state index in [1.165, 1.54) is 0 Å². The molecule has 1 N–H and O–H groups in total. The zero-order valence-corrected chi connectivity index (χ0v) is 12.8. The zero-order valence-electron chi connectivity index (χ0n) is 10.7. The van der Waals surface area contributed by atoms with Crippen molar-refractivity contribution < 1.29 is 9.90 Å². The lowest BCUT2D eigenvalue weighted by atomic mass is 9.88. The van der Waals surface area contributed by atoms with Gasteiger partial charge >= 0.3 is 0 Å². The predicted octanol–water partition coefficient (Wildman–Crippen LogP) is 3.11. The monoisotopic (exact) mass is 359 g/mol. The molecule has 0 spiro atoms. The van der Waals surface area contributed by atoms with Crippen molar-refractivity contribution in [2.24, 2.45) is 11.8 Å². The highest BCUT2D eigenvalue weighted by molar-refractivity contribution is 14.1. The summed E-state index contributed by atoms with van der Waals surface area (Å²) in [4.78, 5) is 14.2. The average molecular weight is 359 g/mol. The van der Waals surface area contributed by atoms with E-state index in [4.69, 9.17) is 0 Å². The molecule has 2 atom stereocenters. The van der Waals surface area contributed by atoms with Gasteiger partial charge in [0.05, 0.1) is 5.56 Å². The number of phenols is 1. The smallest absolute Gasteiger partial charge is 0.257 e. The van der Waals surface area contributed by atoms with Crippen molar-refractivity contribution in [2.45, 2.75) is 20.3 Å². The van der Waals surface area contributed by atoms with E-state index >= 15 is 0 Å². The van der Waals surface area contributed by atoms with Crippen LogP contribution >= 0.6 is 22.6 Å². The molecule has 1 aliphatic heterocycles. The highest BCUT2D eigenvalue weighted by Gasteiger charge is 2.27. The molecule has 1 amide bonds. The first-order chi connectivity index (χ1) is 8.49. The van der Waals surface area contributed by atoms with Crippen molar-refractivity contribution in [1.82, 2.24) is 4.90 Å². The summed E-state index contributed by atoms with van der Waals surface area (Å²) in [6.45, 7) is 5.98. The molecule has 2 rings (SSSR count). The van der Waals surface area contributed by atoms with Crippen LogP contribution in [0.25, 0.3) is 0 Å². The Hall–Kier alpha value is -0.780. The third-order valence-electron chi connectivity index (χ3n) is 3.81. The van der Waals surface area contributed by atoms with E-state index in [1.807, 2.05) is 4.90 Å². The lowest BCUT2D eigenvalue weighted by Gasteiger charge is -2.35. The van der Waals surface area contributed by atoms with Crippen LogP contribution in [0.3, 0.4) is 0 Å². The maximum Gasteiger partial charge on any atom is 0.257 e. The summed E-state index contributed by atoms with van der Waals surface area (Å²) in [5, 5.41) is 9.80. The number of rotatable bonds is 1. The van der Waals surface area contributed by atoms with Gasteiger partial charge in [0, 0.05) is 16.7 Å². The molecule has 0 aromatic heterocycles. The Morgan fingerprint density at radius 1 is 1.39 bits per heavy atom. The van der Waals surface area contributed by atoms with Gasteiger partial charge in [-0.1, -0.05) is 13.8 Å². The minimum atomic E-state index is -0.0511. The fourth-order valence-electron chi connectivity index (χ4n) is 2.30. The summed E-state index contributed by atoms with van der Waals surface area (Å²) < 4.78 is 0.965. The molecule has 0 aliphatic carbocycles. The van der Waals surface area contributed by atoms with Gasteiger partial charge in [0.25, 0.3) is 5.91 Å². The first-order valence-corrected chi connectivity index (χ1v) is 7.34. The normalized spacial score (nSPS) is 24.1. The van der Waals surface area contributed by atoms with E-state index in [1.54, 1.807) is 18.2 Å². The van der Waals surface area contributed by atoms with E-state index in [0.29, 0.717) is 17.4 Å². The summed E-state index contributed by atoms with van der Waals surface area (Å²) in [5.41, 5.74) is 0.420. The van der Waals surface area contributed by atoms with Crippen LogP contribution in [0, 0.1) is 15.4 Å². The molecular formula is C14H18INO2. The van der Waals surface area contributed by atoms with E-state index < -0.39 is 0 Å². The molecule has 18 heavy (non-hydrogen) atoms. The number of hydrogen-bond donors (Lipinski definition) is 1. The average Bonchev–Trinajstić information content (AvgIpc) is 2.35. The first-order valence-electron chi connectivity index (χ1n) is 6.27. The van der Waals surface area contributed by atoms with E-state index in [9.17, 15) is 9.90 Å². The third-order valence-corrected chi connectivity index (χ3v) is 4.48. The molecule has 1 aliphatic rings. The SMILES string of the molecule is CC1CCN(C(=O)c2cc(I)ccc2O)CC1C. The number of hydrogen-bond acceptors (Lipinski definition) is 2. The quantitative estimate of drug-likeness (QED) is 0.783. The van der Waals surface area contributed by atoms with Gasteiger partial charge in [0.2, 0.25) is 0 Å². The Balaban J connectivity index is 2.19. The maximum absolute atomic E-state index is 12.4. The van der Waals surface area contributed by atoms with Crippen LogP contribution in [0.5, 0.6) is 5.75 Å². The number of carbonyl (C=O) groups excluding carboxylic acids is 1. The molecule has 2 unspecified atom stereocenters. The van der Waals surface area contributed by atoms with Crippen LogP contribution in [0.4, 0.5) is 0 Å². The van der Waals surface area contributed by atoms with Gasteiger partial charge in [-0.05, 0) is 59.0 Å². The molecule has 1 saturated heterocycles. The van der Waals surface area contributed by atoms with Crippen LogP contribution < -0.4 is 0 Å². The number of carbonyl (C=O) groups is 1. The Morgan fingerprint density at radius 3 is 2.78 bits per heavy atom. The van der Waals surface area contributed by atoms with E-state index in [0.717, 1.165) is 23.1 Å². The van der Waals surface area contributed by atoms with Crippen molar-refractivity contribution in [3.8, 4) is 5.75 Å². The van der Waals surface area contributed by atoms with Crippen molar-refractivity contribution in [3.05, 3.63) is 27.3 Å². The van der Waals surface area contributed by atoms with Crippen LogP contribution in [0.1, 0.15) is 30.6 Å². The topological polar surface area (TPSA) is 40.5 Å². The fraction of sp³-hybridized carbons (Fsp3) is 0.500. The lowest BCUT2D eigenvalue weighted by molar-refractivity contribution is 0.0624. The Kier molecular flexibility index (Phi) is 4.14. The van der Waals surface area contributed by atoms with Crippen molar-refractivity contribution >= 4 is 28.5 Å². The summed E-state index contributed by atoms with van der Waals surface area (Å²) >= 11 is 2.15. The number of aromatic hydroxyl groups is 1. The lowest BCUT2D eigenvalue weighted by Crippen LogP contribution is -2.42. The number of nitrogens with zero attached hydrogens (tertiary/aromatic N) is 1. The maximum atomic E-state index is 12.4. The van der Waals surface area contributed by atoms with Crippen molar-refractivity contribution in [2.75, 3.05) is 13.1 Å². The van der Waals surface area contributed by atoms with Gasteiger partial charge in [0.15, 0.2) is 0 Å². The molecular weight excluding hydrogens is 341 g/mol. The molecule has 1 aromatic rings. The van der Waals surface area contributed by atoms with Gasteiger partial charge in [-0.25, -0.2) is 0 Å². The van der Waals surface area contributed by atoms with Crippen LogP contribution in [0.2, 0.25) is 0 Å².